The summed E-state index contributed by atoms with van der Waals surface area (Å²) in [4.78, 5) is 33.9. The Morgan fingerprint density at radius 3 is 1.42 bits per heavy atom. The maximum atomic E-state index is 12.1. The fraction of sp³-hybridized carbons (Fsp3) is 0.860. The number of carbonyl (C=O) groups is 2. The van der Waals surface area contributed by atoms with E-state index in [9.17, 15) is 24.2 Å². The van der Waals surface area contributed by atoms with E-state index in [4.69, 9.17) is 13.8 Å². The zero-order valence-corrected chi connectivity index (χ0v) is 35.1. The van der Waals surface area contributed by atoms with Crippen molar-refractivity contribution in [1.29, 1.82) is 0 Å². The molecule has 10 heteroatoms. The van der Waals surface area contributed by atoms with Crippen LogP contribution in [0.4, 0.5) is 0 Å². The molecule has 0 fully saturated rings. The number of hydrogen-bond donors (Lipinski definition) is 3. The van der Waals surface area contributed by atoms with Crippen LogP contribution in [-0.4, -0.2) is 54.3 Å². The Labute approximate surface area is 325 Å². The fourth-order valence-corrected chi connectivity index (χ4v) is 6.77. The average Bonchev–Trinajstić information content (AvgIpc) is 3.14. The third kappa shape index (κ3) is 41.5. The first-order valence-electron chi connectivity index (χ1n) is 21.8. The van der Waals surface area contributed by atoms with E-state index in [2.05, 4.69) is 43.5 Å². The zero-order chi connectivity index (χ0) is 38.9. The summed E-state index contributed by atoms with van der Waals surface area (Å²) in [5, 5.41) is 12.7. The molecule has 0 heterocycles. The second-order valence-electron chi connectivity index (χ2n) is 14.7. The van der Waals surface area contributed by atoms with Gasteiger partial charge in [-0.15, -0.1) is 0 Å². The van der Waals surface area contributed by atoms with Crippen molar-refractivity contribution in [3.63, 3.8) is 0 Å². The van der Waals surface area contributed by atoms with Crippen LogP contribution in [0.2, 0.25) is 0 Å². The zero-order valence-electron chi connectivity index (χ0n) is 34.2. The van der Waals surface area contributed by atoms with Crippen LogP contribution in [-0.2, 0) is 27.9 Å². The topological polar surface area (TPSA) is 131 Å². The molecule has 0 saturated carbocycles. The number of allylic oxidation sites excluding steroid dienone is 4. The van der Waals surface area contributed by atoms with Gasteiger partial charge in [-0.25, -0.2) is 4.57 Å². The normalized spacial score (nSPS) is 13.5. The summed E-state index contributed by atoms with van der Waals surface area (Å²) in [5.74, 6) is -0.525. The summed E-state index contributed by atoms with van der Waals surface area (Å²) in [5.41, 5.74) is 0. The Morgan fingerprint density at radius 1 is 0.566 bits per heavy atom. The second-order valence-corrected chi connectivity index (χ2v) is 16.1. The number of unbranched alkanes of at least 4 members (excludes halogenated alkanes) is 24. The van der Waals surface area contributed by atoms with E-state index >= 15 is 0 Å². The Kier molecular flexibility index (Phi) is 39.0. The average molecular weight is 772 g/mol. The Hall–Kier alpha value is -1.51. The summed E-state index contributed by atoms with van der Waals surface area (Å²) in [6.07, 6.45) is 42.4. The summed E-state index contributed by atoms with van der Waals surface area (Å²) in [7, 11) is -4.42. The first-order valence-corrected chi connectivity index (χ1v) is 23.3. The first kappa shape index (κ1) is 51.5. The van der Waals surface area contributed by atoms with Gasteiger partial charge < -0.3 is 20.1 Å². The molecule has 0 aliphatic rings. The van der Waals surface area contributed by atoms with Crippen LogP contribution in [0.3, 0.4) is 0 Å². The van der Waals surface area contributed by atoms with Gasteiger partial charge in [-0.05, 0) is 64.2 Å². The number of carbonyl (C=O) groups excluding carboxylic acids is 2. The van der Waals surface area contributed by atoms with E-state index in [1.807, 2.05) is 0 Å². The van der Waals surface area contributed by atoms with Crippen molar-refractivity contribution < 1.29 is 37.9 Å². The van der Waals surface area contributed by atoms with Crippen LogP contribution in [0.25, 0.3) is 0 Å². The Morgan fingerprint density at radius 2 is 0.962 bits per heavy atom. The minimum atomic E-state index is -4.42. The predicted molar refractivity (Wildman–Crippen MR) is 220 cm³/mol. The number of nitrogens with one attached hydrogen (secondary N) is 1. The molecule has 0 rings (SSSR count). The van der Waals surface area contributed by atoms with Gasteiger partial charge in [-0.1, -0.05) is 154 Å². The number of aliphatic hydroxyl groups excluding tert-OH is 1. The van der Waals surface area contributed by atoms with Crippen molar-refractivity contribution in [2.45, 2.75) is 213 Å². The molecular weight excluding hydrogens is 689 g/mol. The van der Waals surface area contributed by atoms with Gasteiger partial charge in [0, 0.05) is 19.4 Å². The summed E-state index contributed by atoms with van der Waals surface area (Å²) < 4.78 is 26.9. The van der Waals surface area contributed by atoms with E-state index in [0.29, 0.717) is 6.42 Å². The van der Waals surface area contributed by atoms with Crippen molar-refractivity contribution in [2.75, 3.05) is 26.4 Å². The molecule has 312 valence electrons. The molecule has 1 amide bonds. The highest BCUT2D eigenvalue weighted by Crippen LogP contribution is 2.42. The molecule has 0 bridgehead atoms. The minimum Gasteiger partial charge on any atom is -0.463 e. The minimum absolute atomic E-state index is 0.0784. The lowest BCUT2D eigenvalue weighted by Gasteiger charge is -2.15. The lowest BCUT2D eigenvalue weighted by Crippen LogP contribution is -2.27. The van der Waals surface area contributed by atoms with E-state index in [-0.39, 0.29) is 32.1 Å². The van der Waals surface area contributed by atoms with Crippen LogP contribution in [0, 0.1) is 0 Å². The van der Waals surface area contributed by atoms with Crippen molar-refractivity contribution in [3.05, 3.63) is 24.3 Å². The molecule has 3 N–H and O–H groups in total. The van der Waals surface area contributed by atoms with Crippen LogP contribution in [0.15, 0.2) is 24.3 Å². The van der Waals surface area contributed by atoms with Gasteiger partial charge in [0.15, 0.2) is 0 Å². The summed E-state index contributed by atoms with van der Waals surface area (Å²) in [6, 6.07) is 0. The highest BCUT2D eigenvalue weighted by Gasteiger charge is 2.23. The van der Waals surface area contributed by atoms with Gasteiger partial charge in [0.1, 0.15) is 12.7 Å². The van der Waals surface area contributed by atoms with E-state index < -0.39 is 26.5 Å². The molecule has 0 saturated heterocycles. The predicted octanol–water partition coefficient (Wildman–Crippen LogP) is 12.0. The molecule has 0 aromatic carbocycles. The van der Waals surface area contributed by atoms with Crippen LogP contribution < -0.4 is 5.32 Å². The molecule has 0 aliphatic heterocycles. The molecule has 0 aliphatic carbocycles. The third-order valence-electron chi connectivity index (χ3n) is 9.35. The number of hydrogen-bond acceptors (Lipinski definition) is 7. The Bertz CT molecular complexity index is 928. The third-order valence-corrected chi connectivity index (χ3v) is 10.3. The maximum absolute atomic E-state index is 12.1. The monoisotopic (exact) mass is 772 g/mol. The summed E-state index contributed by atoms with van der Waals surface area (Å²) in [6.45, 7) is 3.54. The Balaban J connectivity index is 3.60. The van der Waals surface area contributed by atoms with Crippen molar-refractivity contribution in [2.24, 2.45) is 0 Å². The molecule has 2 unspecified atom stereocenters. The lowest BCUT2D eigenvalue weighted by atomic mass is 10.1. The van der Waals surface area contributed by atoms with E-state index in [0.717, 1.165) is 51.4 Å². The highest BCUT2D eigenvalue weighted by molar-refractivity contribution is 7.47. The molecule has 0 aromatic heterocycles. The second kappa shape index (κ2) is 40.2. The van der Waals surface area contributed by atoms with E-state index in [1.54, 1.807) is 0 Å². The van der Waals surface area contributed by atoms with Crippen molar-refractivity contribution in [3.8, 4) is 0 Å². The van der Waals surface area contributed by atoms with Gasteiger partial charge in [0.05, 0.1) is 13.2 Å². The van der Waals surface area contributed by atoms with Crippen LogP contribution >= 0.6 is 7.82 Å². The molecule has 0 spiro atoms. The molecule has 0 aromatic rings. The van der Waals surface area contributed by atoms with Gasteiger partial charge in [-0.3, -0.25) is 18.6 Å². The van der Waals surface area contributed by atoms with Gasteiger partial charge in [0.2, 0.25) is 5.91 Å². The first-order chi connectivity index (χ1) is 25.8. The highest BCUT2D eigenvalue weighted by atomic mass is 31.2. The van der Waals surface area contributed by atoms with Crippen molar-refractivity contribution >= 4 is 19.7 Å². The number of rotatable bonds is 41. The quantitative estimate of drug-likeness (QED) is 0.0242. The molecular formula is C43H82NO8P. The number of aliphatic hydroxyl groups is 1. The lowest BCUT2D eigenvalue weighted by molar-refractivity contribution is -0.147. The smallest absolute Gasteiger partial charge is 0.463 e. The van der Waals surface area contributed by atoms with Gasteiger partial charge in [0.25, 0.3) is 0 Å². The van der Waals surface area contributed by atoms with Gasteiger partial charge >= 0.3 is 13.8 Å². The van der Waals surface area contributed by atoms with Crippen molar-refractivity contribution in [1.82, 2.24) is 5.32 Å². The maximum Gasteiger partial charge on any atom is 0.472 e. The van der Waals surface area contributed by atoms with E-state index in [1.165, 1.54) is 128 Å². The van der Waals surface area contributed by atoms with Gasteiger partial charge in [-0.2, -0.15) is 0 Å². The summed E-state index contributed by atoms with van der Waals surface area (Å²) >= 11 is 0. The number of phosphoric ester groups is 1. The number of esters is 1. The molecule has 9 nitrogen and oxygen atoms in total. The largest absolute Gasteiger partial charge is 0.472 e. The number of ether oxygens (including phenoxy) is 1. The molecule has 0 radical (unpaired) electrons. The molecule has 53 heavy (non-hydrogen) atoms. The number of amides is 1. The van der Waals surface area contributed by atoms with Crippen LogP contribution in [0.1, 0.15) is 206 Å². The standard InChI is InChI=1S/C43H82NO8P/c1-3-5-7-9-11-13-15-17-19-20-22-24-26-28-30-32-34-36-43(47)50-39-41(45)40-52-53(48,49)51-38-37-44-42(46)35-33-31-29-27-25-23-21-18-16-14-12-10-8-6-4-2/h17-19,21,41,45H,3-16,20,22-40H2,1-2H3,(H,44,46)(H,48,49)/b19-17-,21-18-. The SMILES string of the molecule is CCCCCCCC/C=C\CCCCCCCCCC(=O)OCC(O)COP(=O)(O)OCCNC(=O)CCCCCCC/C=C\CCCCCCCC. The fourth-order valence-electron chi connectivity index (χ4n) is 6.02. The van der Waals surface area contributed by atoms with Crippen LogP contribution in [0.5, 0.6) is 0 Å². The number of phosphoric acid groups is 1. The molecule has 2 atom stereocenters.